The number of rotatable bonds is 3. The number of hydrogen-bond acceptors (Lipinski definition) is 5. The molecule has 2 rings (SSSR count). The minimum atomic E-state index is -1.02. The minimum Gasteiger partial charge on any atom is -0.480 e. The molecule has 19 heavy (non-hydrogen) atoms. The van der Waals surface area contributed by atoms with E-state index in [1.807, 2.05) is 0 Å². The normalized spacial score (nSPS) is 10.5. The van der Waals surface area contributed by atoms with Crippen LogP contribution in [0.3, 0.4) is 0 Å². The Morgan fingerprint density at radius 1 is 1.47 bits per heavy atom. The molecule has 8 heteroatoms. The summed E-state index contributed by atoms with van der Waals surface area (Å²) in [5.74, 6) is -0.409. The van der Waals surface area contributed by atoms with E-state index < -0.39 is 5.97 Å². The van der Waals surface area contributed by atoms with Gasteiger partial charge in [-0.1, -0.05) is 0 Å². The van der Waals surface area contributed by atoms with E-state index in [9.17, 15) is 4.79 Å². The predicted molar refractivity (Wildman–Crippen MR) is 69.8 cm³/mol. The van der Waals surface area contributed by atoms with Crippen LogP contribution in [0.1, 0.15) is 21.7 Å². The Balaban J connectivity index is 2.60. The zero-order valence-electron chi connectivity index (χ0n) is 10.5. The van der Waals surface area contributed by atoms with E-state index in [0.29, 0.717) is 21.7 Å². The second kappa shape index (κ2) is 4.96. The first-order valence-corrected chi connectivity index (χ1v) is 6.11. The summed E-state index contributed by atoms with van der Waals surface area (Å²) < 4.78 is 7.07. The minimum absolute atomic E-state index is 0.158. The largest absolute Gasteiger partial charge is 0.480 e. The molecule has 0 amide bonds. The third-order valence-corrected chi connectivity index (χ3v) is 3.13. The van der Waals surface area contributed by atoms with E-state index in [-0.39, 0.29) is 11.5 Å². The summed E-state index contributed by atoms with van der Waals surface area (Å²) in [6.07, 6.45) is 1.53. The van der Waals surface area contributed by atoms with Crippen molar-refractivity contribution in [3.8, 4) is 11.8 Å². The van der Waals surface area contributed by atoms with Crippen LogP contribution in [0.15, 0.2) is 10.7 Å². The SMILES string of the molecule is COc1nc(-n2nc(C)c(C(=O)O)c2C)ncc1Br. The van der Waals surface area contributed by atoms with Gasteiger partial charge in [-0.25, -0.2) is 14.5 Å². The maximum absolute atomic E-state index is 11.1. The van der Waals surface area contributed by atoms with Crippen molar-refractivity contribution in [1.29, 1.82) is 0 Å². The highest BCUT2D eigenvalue weighted by molar-refractivity contribution is 9.10. The van der Waals surface area contributed by atoms with Crippen molar-refractivity contribution in [3.05, 3.63) is 27.6 Å². The third kappa shape index (κ3) is 2.30. The smallest absolute Gasteiger partial charge is 0.339 e. The molecule has 0 unspecified atom stereocenters. The monoisotopic (exact) mass is 326 g/mol. The van der Waals surface area contributed by atoms with Crippen LogP contribution in [-0.2, 0) is 0 Å². The number of methoxy groups -OCH3 is 1. The van der Waals surface area contributed by atoms with E-state index in [0.717, 1.165) is 0 Å². The Bertz CT molecular complexity index is 654. The summed E-state index contributed by atoms with van der Waals surface area (Å²) in [7, 11) is 1.49. The molecular formula is C11H11BrN4O3. The van der Waals surface area contributed by atoms with Crippen LogP contribution in [0, 0.1) is 13.8 Å². The first-order valence-electron chi connectivity index (χ1n) is 5.32. The second-order valence-corrected chi connectivity index (χ2v) is 4.64. The van der Waals surface area contributed by atoms with Gasteiger partial charge >= 0.3 is 5.97 Å². The van der Waals surface area contributed by atoms with Gasteiger partial charge < -0.3 is 9.84 Å². The highest BCUT2D eigenvalue weighted by atomic mass is 79.9. The van der Waals surface area contributed by atoms with Crippen LogP contribution >= 0.6 is 15.9 Å². The molecule has 100 valence electrons. The van der Waals surface area contributed by atoms with Crippen molar-refractivity contribution in [2.24, 2.45) is 0 Å². The maximum atomic E-state index is 11.1. The fourth-order valence-corrected chi connectivity index (χ4v) is 2.09. The molecule has 0 saturated carbocycles. The number of halogens is 1. The fraction of sp³-hybridized carbons (Fsp3) is 0.273. The van der Waals surface area contributed by atoms with E-state index in [1.165, 1.54) is 18.0 Å². The lowest BCUT2D eigenvalue weighted by molar-refractivity contribution is 0.0695. The van der Waals surface area contributed by atoms with Crippen molar-refractivity contribution in [3.63, 3.8) is 0 Å². The summed E-state index contributed by atoms with van der Waals surface area (Å²) >= 11 is 3.25. The van der Waals surface area contributed by atoms with Gasteiger partial charge in [-0.15, -0.1) is 0 Å². The number of nitrogens with zero attached hydrogens (tertiary/aromatic N) is 4. The summed E-state index contributed by atoms with van der Waals surface area (Å²) in [5.41, 5.74) is 1.04. The van der Waals surface area contributed by atoms with E-state index in [2.05, 4.69) is 31.0 Å². The van der Waals surface area contributed by atoms with Crippen molar-refractivity contribution in [2.75, 3.05) is 7.11 Å². The zero-order chi connectivity index (χ0) is 14.2. The van der Waals surface area contributed by atoms with E-state index in [1.54, 1.807) is 13.8 Å². The molecule has 0 bridgehead atoms. The molecule has 0 aliphatic carbocycles. The predicted octanol–water partition coefficient (Wildman–Crippen LogP) is 1.75. The first kappa shape index (κ1) is 13.5. The van der Waals surface area contributed by atoms with Crippen LogP contribution in [0.25, 0.3) is 5.95 Å². The van der Waals surface area contributed by atoms with Gasteiger partial charge in [0.05, 0.1) is 29.2 Å². The molecule has 0 spiro atoms. The lowest BCUT2D eigenvalue weighted by Gasteiger charge is -2.05. The van der Waals surface area contributed by atoms with Crippen LogP contribution in [-0.4, -0.2) is 37.9 Å². The Hall–Kier alpha value is -1.96. The molecule has 1 N–H and O–H groups in total. The van der Waals surface area contributed by atoms with Gasteiger partial charge in [-0.2, -0.15) is 10.1 Å². The second-order valence-electron chi connectivity index (χ2n) is 3.79. The standard InChI is InChI=1S/C11H11BrN4O3/c1-5-8(10(17)18)6(2)16(15-5)11-13-4-7(12)9(14-11)19-3/h4H,1-3H3,(H,17,18). The molecule has 2 heterocycles. The molecule has 0 aromatic carbocycles. The van der Waals surface area contributed by atoms with Gasteiger partial charge in [-0.05, 0) is 29.8 Å². The highest BCUT2D eigenvalue weighted by Gasteiger charge is 2.20. The van der Waals surface area contributed by atoms with Gasteiger partial charge in [0.25, 0.3) is 5.95 Å². The molecule has 2 aromatic heterocycles. The summed E-state index contributed by atoms with van der Waals surface area (Å²) in [4.78, 5) is 19.4. The number of carboxylic acids is 1. The molecule has 0 saturated heterocycles. The number of aromatic carboxylic acids is 1. The van der Waals surface area contributed by atoms with Gasteiger partial charge in [0.2, 0.25) is 5.88 Å². The quantitative estimate of drug-likeness (QED) is 0.924. The van der Waals surface area contributed by atoms with Gasteiger partial charge in [-0.3, -0.25) is 0 Å². The molecule has 0 radical (unpaired) electrons. The fourth-order valence-electron chi connectivity index (χ4n) is 1.73. The lowest BCUT2D eigenvalue weighted by atomic mass is 10.2. The summed E-state index contributed by atoms with van der Waals surface area (Å²) in [6, 6.07) is 0. The number of carboxylic acid groups (broad SMARTS) is 1. The van der Waals surface area contributed by atoms with Crippen molar-refractivity contribution >= 4 is 21.9 Å². The van der Waals surface area contributed by atoms with Gasteiger partial charge in [0, 0.05) is 0 Å². The number of hydrogen-bond donors (Lipinski definition) is 1. The topological polar surface area (TPSA) is 90.1 Å². The molecule has 0 aliphatic heterocycles. The molecule has 0 aliphatic rings. The lowest BCUT2D eigenvalue weighted by Crippen LogP contribution is -2.07. The number of aromatic nitrogens is 4. The highest BCUT2D eigenvalue weighted by Crippen LogP contribution is 2.23. The van der Waals surface area contributed by atoms with Crippen LogP contribution in [0.4, 0.5) is 0 Å². The summed E-state index contributed by atoms with van der Waals surface area (Å²) in [5, 5.41) is 13.3. The molecular weight excluding hydrogens is 316 g/mol. The molecule has 0 atom stereocenters. The number of aryl methyl sites for hydroxylation is 1. The Morgan fingerprint density at radius 3 is 2.68 bits per heavy atom. The van der Waals surface area contributed by atoms with Gasteiger partial charge in [0.1, 0.15) is 5.56 Å². The zero-order valence-corrected chi connectivity index (χ0v) is 12.1. The summed E-state index contributed by atoms with van der Waals surface area (Å²) in [6.45, 7) is 3.28. The van der Waals surface area contributed by atoms with Crippen LogP contribution in [0.5, 0.6) is 5.88 Å². The van der Waals surface area contributed by atoms with Crippen LogP contribution in [0.2, 0.25) is 0 Å². The van der Waals surface area contributed by atoms with Crippen molar-refractivity contribution in [2.45, 2.75) is 13.8 Å². The van der Waals surface area contributed by atoms with E-state index in [4.69, 9.17) is 9.84 Å². The van der Waals surface area contributed by atoms with Gasteiger partial charge in [0.15, 0.2) is 0 Å². The average Bonchev–Trinajstić information content (AvgIpc) is 2.65. The van der Waals surface area contributed by atoms with E-state index >= 15 is 0 Å². The van der Waals surface area contributed by atoms with Crippen molar-refractivity contribution < 1.29 is 14.6 Å². The Kier molecular flexibility index (Phi) is 3.52. The average molecular weight is 327 g/mol. The third-order valence-electron chi connectivity index (χ3n) is 2.59. The maximum Gasteiger partial charge on any atom is 0.339 e. The molecule has 0 fully saturated rings. The molecule has 2 aromatic rings. The Labute approximate surface area is 117 Å². The number of carbonyl (C=O) groups is 1. The first-order chi connectivity index (χ1) is 8.95. The number of ether oxygens (including phenoxy) is 1. The molecule has 7 nitrogen and oxygen atoms in total. The van der Waals surface area contributed by atoms with Crippen LogP contribution < -0.4 is 4.74 Å². The van der Waals surface area contributed by atoms with Crippen molar-refractivity contribution in [1.82, 2.24) is 19.7 Å². The Morgan fingerprint density at radius 2 is 2.16 bits per heavy atom.